The Morgan fingerprint density at radius 2 is 2.13 bits per heavy atom. The van der Waals surface area contributed by atoms with Crippen molar-refractivity contribution in [1.82, 2.24) is 24.6 Å². The summed E-state index contributed by atoms with van der Waals surface area (Å²) in [5, 5.41) is 7.80. The van der Waals surface area contributed by atoms with Crippen LogP contribution in [0, 0.1) is 0 Å². The summed E-state index contributed by atoms with van der Waals surface area (Å²) in [4.78, 5) is 32.8. The number of fused-ring (bicyclic) bond motifs is 1. The Balaban J connectivity index is 1.94. The first kappa shape index (κ1) is 15.5. The van der Waals surface area contributed by atoms with E-state index in [1.165, 1.54) is 17.7 Å². The molecule has 3 rings (SSSR count). The molecule has 23 heavy (non-hydrogen) atoms. The molecule has 2 aromatic rings. The fourth-order valence-corrected chi connectivity index (χ4v) is 3.07. The third-order valence-corrected chi connectivity index (χ3v) is 4.30. The van der Waals surface area contributed by atoms with Crippen LogP contribution in [-0.2, 0) is 4.79 Å². The van der Waals surface area contributed by atoms with Crippen LogP contribution in [0.3, 0.4) is 0 Å². The van der Waals surface area contributed by atoms with Gasteiger partial charge in [-0.1, -0.05) is 12.8 Å². The number of aromatic amines is 1. The minimum atomic E-state index is -0.478. The second kappa shape index (κ2) is 6.02. The molecule has 0 radical (unpaired) electrons. The van der Waals surface area contributed by atoms with E-state index in [1.807, 2.05) is 4.68 Å². The molecule has 2 N–H and O–H groups in total. The fraction of sp³-hybridized carbons (Fsp3) is 0.600. The number of carbonyl (C=O) groups excluding carboxylic acids is 1. The van der Waals surface area contributed by atoms with E-state index < -0.39 is 6.04 Å². The van der Waals surface area contributed by atoms with Crippen molar-refractivity contribution in [2.24, 2.45) is 0 Å². The normalized spacial score (nSPS) is 16.7. The highest BCUT2D eigenvalue weighted by Crippen LogP contribution is 2.30. The maximum absolute atomic E-state index is 12.2. The monoisotopic (exact) mass is 318 g/mol. The van der Waals surface area contributed by atoms with Crippen LogP contribution in [-0.4, -0.2) is 50.7 Å². The van der Waals surface area contributed by atoms with Gasteiger partial charge in [-0.05, 0) is 19.8 Å². The summed E-state index contributed by atoms with van der Waals surface area (Å²) in [5.41, 5.74) is 0.332. The maximum atomic E-state index is 12.2. The Hall–Kier alpha value is -2.38. The molecule has 8 nitrogen and oxygen atoms in total. The van der Waals surface area contributed by atoms with Crippen molar-refractivity contribution in [3.8, 4) is 0 Å². The Bertz CT molecular complexity index is 772. The van der Waals surface area contributed by atoms with Gasteiger partial charge in [0.05, 0.1) is 12.2 Å². The van der Waals surface area contributed by atoms with Gasteiger partial charge in [0.25, 0.3) is 5.56 Å². The molecule has 0 aliphatic heterocycles. The number of hydrogen-bond donors (Lipinski definition) is 2. The lowest BCUT2D eigenvalue weighted by molar-refractivity contribution is -0.129. The summed E-state index contributed by atoms with van der Waals surface area (Å²) in [6, 6.07) is -0.177. The van der Waals surface area contributed by atoms with Crippen LogP contribution < -0.4 is 10.9 Å². The molecule has 1 aliphatic rings. The summed E-state index contributed by atoms with van der Waals surface area (Å²) in [5.74, 6) is 0.210. The van der Waals surface area contributed by atoms with E-state index in [4.69, 9.17) is 0 Å². The lowest BCUT2D eigenvalue weighted by Gasteiger charge is -2.18. The van der Waals surface area contributed by atoms with E-state index in [9.17, 15) is 9.59 Å². The molecule has 8 heteroatoms. The largest absolute Gasteiger partial charge is 0.347 e. The minimum Gasteiger partial charge on any atom is -0.347 e. The topological polar surface area (TPSA) is 95.9 Å². The Morgan fingerprint density at radius 3 is 2.78 bits per heavy atom. The van der Waals surface area contributed by atoms with Gasteiger partial charge in [-0.25, -0.2) is 4.68 Å². The molecule has 1 fully saturated rings. The smallest absolute Gasteiger partial charge is 0.263 e. The number of likely N-dealkylation sites (N-methyl/N-ethyl adjacent to an activating group) is 1. The third-order valence-electron chi connectivity index (χ3n) is 4.30. The molecule has 1 aliphatic carbocycles. The maximum Gasteiger partial charge on any atom is 0.263 e. The zero-order valence-electron chi connectivity index (χ0n) is 13.7. The standard InChI is InChI=1S/C15H22N6O2/c1-9(14(23)20(2)3)17-15-18-12-11(13(22)19-15)8-16-21(12)10-6-4-5-7-10/h8-10H,4-7H2,1-3H3,(H2,17,18,19,22)/t9-/m1/s1. The van der Waals surface area contributed by atoms with Crippen LogP contribution in [0.2, 0.25) is 0 Å². The van der Waals surface area contributed by atoms with Crippen LogP contribution in [0.5, 0.6) is 0 Å². The van der Waals surface area contributed by atoms with E-state index in [1.54, 1.807) is 27.2 Å². The summed E-state index contributed by atoms with van der Waals surface area (Å²) in [6.45, 7) is 1.74. The number of hydrogen-bond acceptors (Lipinski definition) is 5. The molecule has 1 atom stereocenters. The van der Waals surface area contributed by atoms with Crippen molar-refractivity contribution in [2.75, 3.05) is 19.4 Å². The van der Waals surface area contributed by atoms with Crippen LogP contribution in [0.25, 0.3) is 11.0 Å². The molecule has 0 unspecified atom stereocenters. The third kappa shape index (κ3) is 2.93. The SMILES string of the molecule is C[C@@H](Nc1nc2c(cnn2C2CCCC2)c(=O)[nH]1)C(=O)N(C)C. The number of nitrogens with one attached hydrogen (secondary N) is 2. The first-order valence-corrected chi connectivity index (χ1v) is 7.92. The molecule has 0 bridgehead atoms. The Morgan fingerprint density at radius 1 is 1.43 bits per heavy atom. The van der Waals surface area contributed by atoms with Gasteiger partial charge in [-0.2, -0.15) is 10.1 Å². The highest BCUT2D eigenvalue weighted by atomic mass is 16.2. The molecule has 1 saturated carbocycles. The number of aromatic nitrogens is 4. The number of amides is 1. The van der Waals surface area contributed by atoms with Gasteiger partial charge in [0.15, 0.2) is 5.65 Å². The molecular weight excluding hydrogens is 296 g/mol. The zero-order chi connectivity index (χ0) is 16.6. The molecule has 0 saturated heterocycles. The summed E-state index contributed by atoms with van der Waals surface area (Å²) in [7, 11) is 3.38. The summed E-state index contributed by atoms with van der Waals surface area (Å²) in [6.07, 6.45) is 6.04. The van der Waals surface area contributed by atoms with Gasteiger partial charge >= 0.3 is 0 Å². The molecule has 124 valence electrons. The van der Waals surface area contributed by atoms with Gasteiger partial charge < -0.3 is 10.2 Å². The lowest BCUT2D eigenvalue weighted by atomic mass is 10.2. The highest BCUT2D eigenvalue weighted by Gasteiger charge is 2.22. The average Bonchev–Trinajstić information content (AvgIpc) is 3.14. The minimum absolute atomic E-state index is 0.0861. The van der Waals surface area contributed by atoms with Crippen LogP contribution in [0.1, 0.15) is 38.6 Å². The Kier molecular flexibility index (Phi) is 4.06. The van der Waals surface area contributed by atoms with Crippen molar-refractivity contribution in [2.45, 2.75) is 44.7 Å². The van der Waals surface area contributed by atoms with Crippen LogP contribution in [0.15, 0.2) is 11.0 Å². The van der Waals surface area contributed by atoms with Crippen molar-refractivity contribution in [1.29, 1.82) is 0 Å². The second-order valence-electron chi connectivity index (χ2n) is 6.28. The molecule has 0 aromatic carbocycles. The first-order chi connectivity index (χ1) is 11.0. The van der Waals surface area contributed by atoms with E-state index in [0.29, 0.717) is 23.0 Å². The molecule has 2 heterocycles. The Labute approximate surface area is 133 Å². The number of anilines is 1. The number of H-pyrrole nitrogens is 1. The predicted molar refractivity (Wildman–Crippen MR) is 87.4 cm³/mol. The molecule has 0 spiro atoms. The van der Waals surface area contributed by atoms with Crippen LogP contribution >= 0.6 is 0 Å². The quantitative estimate of drug-likeness (QED) is 0.881. The summed E-state index contributed by atoms with van der Waals surface area (Å²) < 4.78 is 1.85. The highest BCUT2D eigenvalue weighted by molar-refractivity contribution is 5.83. The van der Waals surface area contributed by atoms with Gasteiger partial charge in [0, 0.05) is 14.1 Å². The zero-order valence-corrected chi connectivity index (χ0v) is 13.7. The number of rotatable bonds is 4. The predicted octanol–water partition coefficient (Wildman–Crippen LogP) is 1.12. The van der Waals surface area contributed by atoms with Crippen LogP contribution in [0.4, 0.5) is 5.95 Å². The van der Waals surface area contributed by atoms with Crippen molar-refractivity contribution in [3.05, 3.63) is 16.6 Å². The average molecular weight is 318 g/mol. The second-order valence-corrected chi connectivity index (χ2v) is 6.28. The van der Waals surface area contributed by atoms with Crippen molar-refractivity contribution < 1.29 is 4.79 Å². The van der Waals surface area contributed by atoms with E-state index in [0.717, 1.165) is 12.8 Å². The van der Waals surface area contributed by atoms with E-state index in [2.05, 4.69) is 20.4 Å². The molecule has 2 aromatic heterocycles. The van der Waals surface area contributed by atoms with Gasteiger partial charge in [-0.15, -0.1) is 0 Å². The van der Waals surface area contributed by atoms with E-state index >= 15 is 0 Å². The number of carbonyl (C=O) groups is 1. The lowest BCUT2D eigenvalue weighted by Crippen LogP contribution is -2.37. The van der Waals surface area contributed by atoms with Gasteiger partial charge in [-0.3, -0.25) is 14.6 Å². The fourth-order valence-electron chi connectivity index (χ4n) is 3.07. The van der Waals surface area contributed by atoms with E-state index in [-0.39, 0.29) is 11.5 Å². The first-order valence-electron chi connectivity index (χ1n) is 7.92. The van der Waals surface area contributed by atoms with Gasteiger partial charge in [0.2, 0.25) is 11.9 Å². The van der Waals surface area contributed by atoms with Crippen molar-refractivity contribution >= 4 is 22.9 Å². The molecule has 1 amide bonds. The van der Waals surface area contributed by atoms with Crippen molar-refractivity contribution in [3.63, 3.8) is 0 Å². The van der Waals surface area contributed by atoms with Gasteiger partial charge in [0.1, 0.15) is 11.4 Å². The summed E-state index contributed by atoms with van der Waals surface area (Å²) >= 11 is 0. The number of nitrogens with zero attached hydrogens (tertiary/aromatic N) is 4. The molecular formula is C15H22N6O2.